The van der Waals surface area contributed by atoms with Crippen LogP contribution in [0, 0.1) is 5.82 Å². The molecule has 1 aromatic heterocycles. The number of aromatic nitrogens is 2. The van der Waals surface area contributed by atoms with Gasteiger partial charge in [-0.2, -0.15) is 18.3 Å². The molecule has 1 unspecified atom stereocenters. The highest BCUT2D eigenvalue weighted by atomic mass is 35.5. The molecule has 0 saturated heterocycles. The van der Waals surface area contributed by atoms with E-state index in [-0.39, 0.29) is 32.7 Å². The van der Waals surface area contributed by atoms with E-state index in [0.29, 0.717) is 5.69 Å². The van der Waals surface area contributed by atoms with Crippen LogP contribution in [-0.2, 0) is 17.5 Å². The van der Waals surface area contributed by atoms with E-state index < -0.39 is 29.9 Å². The van der Waals surface area contributed by atoms with Crippen LogP contribution in [0.25, 0.3) is 0 Å². The van der Waals surface area contributed by atoms with Crippen LogP contribution in [0.5, 0.6) is 0 Å². The zero-order valence-corrected chi connectivity index (χ0v) is 18.3. The highest BCUT2D eigenvalue weighted by Gasteiger charge is 2.62. The van der Waals surface area contributed by atoms with Crippen LogP contribution in [0.15, 0.2) is 53.7 Å². The number of amides is 1. The minimum atomic E-state index is -4.86. The number of alkyl halides is 3. The first-order valence-corrected chi connectivity index (χ1v) is 10.1. The highest BCUT2D eigenvalue weighted by molar-refractivity contribution is 6.34. The summed E-state index contributed by atoms with van der Waals surface area (Å²) in [7, 11) is 1.45. The first-order valence-electron chi connectivity index (χ1n) is 9.38. The lowest BCUT2D eigenvalue weighted by Gasteiger charge is -2.29. The second-order valence-corrected chi connectivity index (χ2v) is 8.16. The fourth-order valence-corrected chi connectivity index (χ4v) is 3.90. The molecule has 6 nitrogen and oxygen atoms in total. The molecule has 0 spiro atoms. The Bertz CT molecular complexity index is 1240. The molecule has 1 N–H and O–H groups in total. The summed E-state index contributed by atoms with van der Waals surface area (Å²) in [5.74, 6) is -1.06. The molecule has 4 rings (SSSR count). The monoisotopic (exact) mass is 500 g/mol. The van der Waals surface area contributed by atoms with Crippen molar-refractivity contribution >= 4 is 40.5 Å². The third kappa shape index (κ3) is 4.40. The minimum absolute atomic E-state index is 0.00996. The zero-order valence-electron chi connectivity index (χ0n) is 16.8. The Morgan fingerprint density at radius 3 is 2.36 bits per heavy atom. The van der Waals surface area contributed by atoms with Crippen LogP contribution in [0.2, 0.25) is 10.0 Å². The number of hydrogen-bond donors (Lipinski definition) is 1. The lowest BCUT2D eigenvalue weighted by atomic mass is 9.87. The van der Waals surface area contributed by atoms with E-state index in [2.05, 4.69) is 15.6 Å². The van der Waals surface area contributed by atoms with Crippen LogP contribution >= 0.6 is 23.2 Å². The molecular formula is C21H14Cl2F4N4O2. The first-order chi connectivity index (χ1) is 15.5. The van der Waals surface area contributed by atoms with E-state index in [1.165, 1.54) is 48.1 Å². The van der Waals surface area contributed by atoms with E-state index in [1.807, 2.05) is 0 Å². The number of benzene rings is 2. The largest absolute Gasteiger partial charge is 0.435 e. The Hall–Kier alpha value is -3.11. The summed E-state index contributed by atoms with van der Waals surface area (Å²) in [5.41, 5.74) is -2.82. The van der Waals surface area contributed by atoms with Gasteiger partial charge in [-0.05, 0) is 48.5 Å². The molecule has 3 aromatic rings. The lowest BCUT2D eigenvalue weighted by molar-refractivity contribution is -0.275. The number of anilines is 1. The molecule has 0 saturated carbocycles. The van der Waals surface area contributed by atoms with Gasteiger partial charge in [0.05, 0.1) is 6.42 Å². The molecular weight excluding hydrogens is 487 g/mol. The Morgan fingerprint density at radius 1 is 1.12 bits per heavy atom. The molecule has 0 bridgehead atoms. The topological polar surface area (TPSA) is 68.5 Å². The van der Waals surface area contributed by atoms with E-state index in [9.17, 15) is 22.4 Å². The normalized spacial score (nSPS) is 18.1. The third-order valence-corrected chi connectivity index (χ3v) is 5.46. The molecule has 172 valence electrons. The summed E-state index contributed by atoms with van der Waals surface area (Å²) in [6, 6.07) is 9.90. The zero-order chi connectivity index (χ0) is 24.0. The maximum Gasteiger partial charge on any atom is 0.435 e. The van der Waals surface area contributed by atoms with Crippen LogP contribution < -0.4 is 5.32 Å². The number of hydrogen-bond acceptors (Lipinski definition) is 4. The number of nitrogens with one attached hydrogen (secondary N) is 1. The molecule has 2 aromatic carbocycles. The summed E-state index contributed by atoms with van der Waals surface area (Å²) in [6.07, 6.45) is -5.56. The molecule has 0 radical (unpaired) electrons. The van der Waals surface area contributed by atoms with Gasteiger partial charge >= 0.3 is 6.18 Å². The number of halogens is 6. The Morgan fingerprint density at radius 2 is 1.76 bits per heavy atom. The summed E-state index contributed by atoms with van der Waals surface area (Å²) in [4.78, 5) is 17.5. The van der Waals surface area contributed by atoms with Crippen LogP contribution in [0.4, 0.5) is 23.2 Å². The van der Waals surface area contributed by atoms with Crippen molar-refractivity contribution in [3.63, 3.8) is 0 Å². The number of oxime groups is 1. The van der Waals surface area contributed by atoms with Gasteiger partial charge in [0.15, 0.2) is 0 Å². The van der Waals surface area contributed by atoms with Crippen molar-refractivity contribution in [2.75, 3.05) is 5.32 Å². The van der Waals surface area contributed by atoms with Gasteiger partial charge in [-0.25, -0.2) is 4.39 Å². The minimum Gasteiger partial charge on any atom is -0.374 e. The predicted octanol–water partition coefficient (Wildman–Crippen LogP) is 5.70. The molecule has 0 aliphatic carbocycles. The molecule has 1 aliphatic rings. The molecule has 2 heterocycles. The molecule has 33 heavy (non-hydrogen) atoms. The van der Waals surface area contributed by atoms with Gasteiger partial charge in [0.2, 0.25) is 0 Å². The summed E-state index contributed by atoms with van der Waals surface area (Å²) in [5, 5.41) is 10.3. The van der Waals surface area contributed by atoms with Crippen molar-refractivity contribution < 1.29 is 27.2 Å². The number of carbonyl (C=O) groups is 1. The maximum atomic E-state index is 14.1. The Labute approximate surface area is 194 Å². The second-order valence-electron chi connectivity index (χ2n) is 7.29. The average molecular weight is 501 g/mol. The highest BCUT2D eigenvalue weighted by Crippen LogP contribution is 2.49. The van der Waals surface area contributed by atoms with Gasteiger partial charge in [-0.15, -0.1) is 0 Å². The smallest absolute Gasteiger partial charge is 0.374 e. The van der Waals surface area contributed by atoms with Crippen molar-refractivity contribution in [2.45, 2.75) is 18.2 Å². The van der Waals surface area contributed by atoms with E-state index in [0.717, 1.165) is 12.1 Å². The van der Waals surface area contributed by atoms with E-state index in [4.69, 9.17) is 28.0 Å². The first kappa shape index (κ1) is 23.1. The fraction of sp³-hybridized carbons (Fsp3) is 0.190. The van der Waals surface area contributed by atoms with E-state index in [1.54, 1.807) is 0 Å². The molecule has 1 aliphatic heterocycles. The molecule has 1 atom stereocenters. The SMILES string of the molecule is Cn1nc(C2=NOC(c3cc(Cl)cc(Cl)c3)(C(F)(F)F)C2)cc1C(=O)Nc1ccc(F)cc1. The number of carbonyl (C=O) groups excluding carboxylic acids is 1. The summed E-state index contributed by atoms with van der Waals surface area (Å²) < 4.78 is 56.7. The standard InChI is InChI=1S/C21H14Cl2F4N4O2/c1-31-18(19(32)28-15-4-2-14(24)3-5-15)9-16(29-31)17-10-20(33-30-17,21(25,26)27)11-6-12(22)8-13(23)7-11/h2-9H,10H2,1H3,(H,28,32). The molecule has 1 amide bonds. The maximum absolute atomic E-state index is 14.1. The van der Waals surface area contributed by atoms with Crippen molar-refractivity contribution in [3.05, 3.63) is 81.3 Å². The van der Waals surface area contributed by atoms with Gasteiger partial charge < -0.3 is 10.2 Å². The predicted molar refractivity (Wildman–Crippen MR) is 114 cm³/mol. The van der Waals surface area contributed by atoms with E-state index >= 15 is 0 Å². The van der Waals surface area contributed by atoms with Crippen molar-refractivity contribution in [1.29, 1.82) is 0 Å². The number of nitrogens with zero attached hydrogens (tertiary/aromatic N) is 3. The average Bonchev–Trinajstić information content (AvgIpc) is 3.33. The van der Waals surface area contributed by atoms with Crippen molar-refractivity contribution in [1.82, 2.24) is 9.78 Å². The van der Waals surface area contributed by atoms with Crippen molar-refractivity contribution in [2.24, 2.45) is 12.2 Å². The summed E-state index contributed by atoms with van der Waals surface area (Å²) >= 11 is 11.8. The van der Waals surface area contributed by atoms with Gasteiger partial charge in [-0.3, -0.25) is 9.48 Å². The van der Waals surface area contributed by atoms with Crippen LogP contribution in [-0.4, -0.2) is 27.6 Å². The Balaban J connectivity index is 1.62. The number of rotatable bonds is 4. The molecule has 0 fully saturated rings. The Kier molecular flexibility index (Phi) is 5.83. The molecule has 12 heteroatoms. The number of aryl methyl sites for hydroxylation is 1. The van der Waals surface area contributed by atoms with Crippen LogP contribution in [0.3, 0.4) is 0 Å². The van der Waals surface area contributed by atoms with Gasteiger partial charge in [0.25, 0.3) is 11.5 Å². The summed E-state index contributed by atoms with van der Waals surface area (Å²) in [6.45, 7) is 0. The lowest BCUT2D eigenvalue weighted by Crippen LogP contribution is -2.42. The second kappa shape index (κ2) is 8.35. The van der Waals surface area contributed by atoms with Gasteiger partial charge in [0, 0.05) is 28.3 Å². The van der Waals surface area contributed by atoms with Crippen LogP contribution in [0.1, 0.15) is 28.2 Å². The van der Waals surface area contributed by atoms with Gasteiger partial charge in [-0.1, -0.05) is 28.4 Å². The van der Waals surface area contributed by atoms with Crippen molar-refractivity contribution in [3.8, 4) is 0 Å². The third-order valence-electron chi connectivity index (χ3n) is 5.03. The van der Waals surface area contributed by atoms with Gasteiger partial charge in [0.1, 0.15) is 22.9 Å². The quantitative estimate of drug-likeness (QED) is 0.467. The fourth-order valence-electron chi connectivity index (χ4n) is 3.38.